The molecule has 1 fully saturated rings. The lowest BCUT2D eigenvalue weighted by atomic mass is 10.1. The Morgan fingerprint density at radius 1 is 1.44 bits per heavy atom. The van der Waals surface area contributed by atoms with Crippen LogP contribution in [-0.2, 0) is 4.79 Å². The van der Waals surface area contributed by atoms with E-state index in [2.05, 4.69) is 0 Å². The summed E-state index contributed by atoms with van der Waals surface area (Å²) < 4.78 is 46.0. The number of hydrogen-bond acceptors (Lipinski definition) is 7. The van der Waals surface area contributed by atoms with Crippen molar-refractivity contribution in [1.29, 1.82) is 0 Å². The number of furan rings is 1. The summed E-state index contributed by atoms with van der Waals surface area (Å²) in [5, 5.41) is 10.5. The highest BCUT2D eigenvalue weighted by Gasteiger charge is 2.37. The molecule has 3 rings (SSSR count). The Bertz CT molecular complexity index is 840. The minimum atomic E-state index is -3.18. The zero-order valence-corrected chi connectivity index (χ0v) is 14.6. The minimum absolute atomic E-state index is 0.110. The van der Waals surface area contributed by atoms with Gasteiger partial charge in [0.2, 0.25) is 11.5 Å². The van der Waals surface area contributed by atoms with E-state index in [0.29, 0.717) is 6.42 Å². The average Bonchev–Trinajstić information content (AvgIpc) is 3.00. The second kappa shape index (κ2) is 6.41. The van der Waals surface area contributed by atoms with E-state index < -0.39 is 34.1 Å². The molecule has 1 saturated heterocycles. The molecule has 10 heteroatoms. The van der Waals surface area contributed by atoms with Gasteiger partial charge in [0.15, 0.2) is 5.76 Å². The minimum Gasteiger partial charge on any atom is -0.502 e. The molecule has 1 aromatic carbocycles. The Kier molecular flexibility index (Phi) is 4.58. The Morgan fingerprint density at radius 3 is 2.72 bits per heavy atom. The summed E-state index contributed by atoms with van der Waals surface area (Å²) >= 11 is 5.72. The monoisotopic (exact) mass is 391 g/mol. The molecule has 0 aliphatic carbocycles. The molecule has 0 radical (unpaired) electrons. The van der Waals surface area contributed by atoms with E-state index in [1.165, 1.54) is 12.1 Å². The molecule has 0 bridgehead atoms. The van der Waals surface area contributed by atoms with Crippen molar-refractivity contribution in [2.24, 2.45) is 0 Å². The molecular formula is C15H15ClFNO6S. The first-order chi connectivity index (χ1) is 11.7. The third kappa shape index (κ3) is 3.28. The molecule has 2 aromatic rings. The van der Waals surface area contributed by atoms with Crippen molar-refractivity contribution in [2.75, 3.05) is 16.6 Å². The summed E-state index contributed by atoms with van der Waals surface area (Å²) in [5.41, 5.74) is -0.114. The fraction of sp³-hybridized carbons (Fsp3) is 0.267. The van der Waals surface area contributed by atoms with Crippen LogP contribution < -0.4 is 9.04 Å². The van der Waals surface area contributed by atoms with Crippen LogP contribution in [0.1, 0.15) is 13.3 Å². The molecule has 0 spiro atoms. The van der Waals surface area contributed by atoms with E-state index in [0.717, 1.165) is 17.3 Å². The summed E-state index contributed by atoms with van der Waals surface area (Å²) in [6, 6.07) is 3.73. The van der Waals surface area contributed by atoms with Crippen LogP contribution in [0, 0.1) is 5.82 Å². The van der Waals surface area contributed by atoms with Crippen LogP contribution in [-0.4, -0.2) is 32.5 Å². The molecule has 0 saturated carbocycles. The molecule has 2 heterocycles. The number of hydrogen-bond donors (Lipinski definition) is 3. The van der Waals surface area contributed by atoms with Crippen LogP contribution in [0.3, 0.4) is 0 Å². The van der Waals surface area contributed by atoms with Gasteiger partial charge in [0.1, 0.15) is 5.82 Å². The van der Waals surface area contributed by atoms with Crippen molar-refractivity contribution < 1.29 is 32.6 Å². The summed E-state index contributed by atoms with van der Waals surface area (Å²) in [4.78, 5) is 11.3. The number of esters is 1. The third-order valence-electron chi connectivity index (χ3n) is 3.60. The largest absolute Gasteiger partial charge is 0.502 e. The van der Waals surface area contributed by atoms with Crippen molar-refractivity contribution >= 4 is 34.2 Å². The molecule has 7 nitrogen and oxygen atoms in total. The molecule has 25 heavy (non-hydrogen) atoms. The number of rotatable bonds is 3. The smallest absolute Gasteiger partial charge is 0.308 e. The highest BCUT2D eigenvalue weighted by molar-refractivity contribution is 8.25. The summed E-state index contributed by atoms with van der Waals surface area (Å²) in [7, 11) is -3.18. The van der Waals surface area contributed by atoms with E-state index in [4.69, 9.17) is 20.8 Å². The van der Waals surface area contributed by atoms with Crippen molar-refractivity contribution in [1.82, 2.24) is 0 Å². The lowest BCUT2D eigenvalue weighted by Gasteiger charge is -2.36. The first-order valence-electron chi connectivity index (χ1n) is 7.24. The molecule has 136 valence electrons. The number of halogens is 2. The van der Waals surface area contributed by atoms with Gasteiger partial charge in [0.05, 0.1) is 11.3 Å². The van der Waals surface area contributed by atoms with Gasteiger partial charge in [-0.2, -0.15) is 0 Å². The Balaban J connectivity index is 2.16. The molecular weight excluding hydrogens is 377 g/mol. The van der Waals surface area contributed by atoms with Crippen LogP contribution in [0.2, 0.25) is 5.02 Å². The highest BCUT2D eigenvalue weighted by atomic mass is 35.5. The molecule has 1 aliphatic heterocycles. The number of carbonyl (C=O) groups is 1. The van der Waals surface area contributed by atoms with E-state index in [1.807, 2.05) is 0 Å². The molecule has 1 aromatic heterocycles. The second-order valence-electron chi connectivity index (χ2n) is 5.42. The van der Waals surface area contributed by atoms with Gasteiger partial charge in [-0.05, 0) is 24.6 Å². The van der Waals surface area contributed by atoms with Gasteiger partial charge in [-0.15, -0.1) is 10.8 Å². The molecule has 1 aliphatic rings. The number of benzene rings is 1. The molecule has 0 atom stereocenters. The van der Waals surface area contributed by atoms with Crippen molar-refractivity contribution in [3.05, 3.63) is 29.0 Å². The van der Waals surface area contributed by atoms with Gasteiger partial charge in [-0.1, -0.05) is 11.6 Å². The topological polar surface area (TPSA) is 103 Å². The zero-order valence-electron chi connectivity index (χ0n) is 13.0. The van der Waals surface area contributed by atoms with Gasteiger partial charge in [-0.25, -0.2) is 8.70 Å². The number of nitrogens with zero attached hydrogens (tertiary/aromatic N) is 1. The Morgan fingerprint density at radius 2 is 2.16 bits per heavy atom. The number of carbonyl (C=O) groups excluding carboxylic acids is 1. The van der Waals surface area contributed by atoms with Gasteiger partial charge in [0.25, 0.3) is 5.88 Å². The van der Waals surface area contributed by atoms with Gasteiger partial charge in [0, 0.05) is 18.5 Å². The predicted octanol–water partition coefficient (Wildman–Crippen LogP) is 4.25. The number of ether oxygens (including phenoxy) is 1. The maximum Gasteiger partial charge on any atom is 0.308 e. The van der Waals surface area contributed by atoms with Gasteiger partial charge in [-0.3, -0.25) is 13.9 Å². The van der Waals surface area contributed by atoms with Gasteiger partial charge < -0.3 is 14.3 Å². The van der Waals surface area contributed by atoms with Gasteiger partial charge >= 0.3 is 5.97 Å². The van der Waals surface area contributed by atoms with Crippen molar-refractivity contribution in [3.8, 4) is 22.8 Å². The first-order valence-corrected chi connectivity index (χ1v) is 9.29. The zero-order chi connectivity index (χ0) is 18.4. The standard InChI is InChI=1S/C15H15ClFNO6S/c1-8(19)23-14-12(20)13(10-4-3-9(16)7-11(10)17)24-15(14)18-5-2-6-25(18,21)22/h3-4,7,20-22H,2,5-6H2,1H3. The third-order valence-corrected chi connectivity index (χ3v) is 5.73. The van der Waals surface area contributed by atoms with E-state index in [1.54, 1.807) is 0 Å². The van der Waals surface area contributed by atoms with E-state index in [9.17, 15) is 23.4 Å². The highest BCUT2D eigenvalue weighted by Crippen LogP contribution is 2.57. The molecule has 0 unspecified atom stereocenters. The fourth-order valence-electron chi connectivity index (χ4n) is 2.54. The van der Waals surface area contributed by atoms with E-state index in [-0.39, 0.29) is 34.5 Å². The molecule has 3 N–H and O–H groups in total. The fourth-order valence-corrected chi connectivity index (χ4v) is 4.25. The van der Waals surface area contributed by atoms with Crippen LogP contribution >= 0.6 is 22.4 Å². The maximum absolute atomic E-state index is 14.2. The molecule has 0 amide bonds. The normalized spacial score (nSPS) is 17.6. The van der Waals surface area contributed by atoms with Crippen LogP contribution in [0.25, 0.3) is 11.3 Å². The second-order valence-corrected chi connectivity index (χ2v) is 7.97. The first kappa shape index (κ1) is 17.9. The Hall–Kier alpha value is -1.94. The van der Waals surface area contributed by atoms with Crippen molar-refractivity contribution in [3.63, 3.8) is 0 Å². The average molecular weight is 392 g/mol. The summed E-state index contributed by atoms with van der Waals surface area (Å²) in [6.07, 6.45) is 0.466. The Labute approximate surface area is 149 Å². The van der Waals surface area contributed by atoms with Crippen LogP contribution in [0.4, 0.5) is 10.3 Å². The van der Waals surface area contributed by atoms with E-state index >= 15 is 0 Å². The number of aromatic hydroxyl groups is 1. The summed E-state index contributed by atoms with van der Waals surface area (Å²) in [5.74, 6) is -2.95. The number of anilines is 1. The van der Waals surface area contributed by atoms with Crippen LogP contribution in [0.15, 0.2) is 22.6 Å². The predicted molar refractivity (Wildman–Crippen MR) is 91.8 cm³/mol. The quantitative estimate of drug-likeness (QED) is 0.672. The summed E-state index contributed by atoms with van der Waals surface area (Å²) in [6.45, 7) is 1.33. The lowest BCUT2D eigenvalue weighted by Crippen LogP contribution is -2.22. The van der Waals surface area contributed by atoms with Crippen LogP contribution in [0.5, 0.6) is 11.5 Å². The lowest BCUT2D eigenvalue weighted by molar-refractivity contribution is -0.132. The maximum atomic E-state index is 14.2. The SMILES string of the molecule is CC(=O)Oc1c(N2CCCS2(O)O)oc(-c2ccc(Cl)cc2F)c1O. The van der Waals surface area contributed by atoms with Crippen molar-refractivity contribution in [2.45, 2.75) is 13.3 Å².